The molecule has 94 valence electrons. The lowest BCUT2D eigenvalue weighted by Crippen LogP contribution is -2.24. The first-order valence-electron chi connectivity index (χ1n) is 6.09. The van der Waals surface area contributed by atoms with Crippen LogP contribution in [0.1, 0.15) is 35.7 Å². The molecule has 0 fully saturated rings. The zero-order valence-electron chi connectivity index (χ0n) is 10.6. The zero-order chi connectivity index (χ0) is 12.7. The molecular weight excluding hydrogens is 214 g/mol. The summed E-state index contributed by atoms with van der Waals surface area (Å²) >= 11 is 0. The molecule has 0 aliphatic heterocycles. The summed E-state index contributed by atoms with van der Waals surface area (Å²) in [6, 6.07) is 7.54. The van der Waals surface area contributed by atoms with Crippen molar-refractivity contribution in [2.75, 3.05) is 13.2 Å². The van der Waals surface area contributed by atoms with Crippen molar-refractivity contribution in [3.8, 4) is 0 Å². The van der Waals surface area contributed by atoms with Gasteiger partial charge in [0.15, 0.2) is 0 Å². The molecule has 0 radical (unpaired) electrons. The van der Waals surface area contributed by atoms with Crippen molar-refractivity contribution in [1.29, 1.82) is 0 Å². The van der Waals surface area contributed by atoms with Gasteiger partial charge in [0.25, 0.3) is 5.91 Å². The summed E-state index contributed by atoms with van der Waals surface area (Å²) in [7, 11) is 0. The van der Waals surface area contributed by atoms with E-state index in [1.807, 2.05) is 38.1 Å². The molecule has 1 rings (SSSR count). The Morgan fingerprint density at radius 1 is 1.35 bits per heavy atom. The number of carbonyl (C=O) groups is 1. The Kier molecular flexibility index (Phi) is 5.70. The zero-order valence-corrected chi connectivity index (χ0v) is 10.6. The Bertz CT molecular complexity index is 346. The first-order valence-corrected chi connectivity index (χ1v) is 6.09. The third-order valence-corrected chi connectivity index (χ3v) is 2.78. The minimum atomic E-state index is -0.0262. The smallest absolute Gasteiger partial charge is 0.251 e. The van der Waals surface area contributed by atoms with Gasteiger partial charge in [-0.15, -0.1) is 0 Å². The number of hydrogen-bond acceptors (Lipinski definition) is 2. The van der Waals surface area contributed by atoms with Gasteiger partial charge in [-0.3, -0.25) is 4.79 Å². The normalized spacial score (nSPS) is 12.2. The summed E-state index contributed by atoms with van der Waals surface area (Å²) in [6.45, 7) is 4.88. The van der Waals surface area contributed by atoms with E-state index in [0.717, 1.165) is 18.4 Å². The molecule has 1 unspecified atom stereocenters. The minimum Gasteiger partial charge on any atom is -0.396 e. The second-order valence-corrected chi connectivity index (χ2v) is 4.55. The van der Waals surface area contributed by atoms with Crippen LogP contribution in [0.5, 0.6) is 0 Å². The van der Waals surface area contributed by atoms with Gasteiger partial charge in [0.2, 0.25) is 0 Å². The highest BCUT2D eigenvalue weighted by Crippen LogP contribution is 2.04. The summed E-state index contributed by atoms with van der Waals surface area (Å²) < 4.78 is 0. The topological polar surface area (TPSA) is 49.3 Å². The highest BCUT2D eigenvalue weighted by Gasteiger charge is 2.04. The second-order valence-electron chi connectivity index (χ2n) is 4.55. The lowest BCUT2D eigenvalue weighted by atomic mass is 10.1. The van der Waals surface area contributed by atoms with E-state index in [2.05, 4.69) is 5.32 Å². The maximum Gasteiger partial charge on any atom is 0.251 e. The molecule has 3 nitrogen and oxygen atoms in total. The van der Waals surface area contributed by atoms with E-state index in [4.69, 9.17) is 5.11 Å². The molecule has 2 N–H and O–H groups in total. The van der Waals surface area contributed by atoms with Gasteiger partial charge in [-0.1, -0.05) is 24.6 Å². The maximum atomic E-state index is 11.7. The molecule has 0 bridgehead atoms. The van der Waals surface area contributed by atoms with Gasteiger partial charge in [-0.2, -0.15) is 0 Å². The van der Waals surface area contributed by atoms with Gasteiger partial charge in [0.1, 0.15) is 0 Å². The van der Waals surface area contributed by atoms with E-state index in [1.165, 1.54) is 0 Å². The van der Waals surface area contributed by atoms with Crippen LogP contribution in [0.4, 0.5) is 0 Å². The molecule has 0 aromatic heterocycles. The van der Waals surface area contributed by atoms with Crippen LogP contribution < -0.4 is 5.32 Å². The number of carbonyl (C=O) groups excluding carboxylic acids is 1. The molecule has 1 aromatic carbocycles. The van der Waals surface area contributed by atoms with E-state index < -0.39 is 0 Å². The van der Waals surface area contributed by atoms with E-state index in [9.17, 15) is 4.79 Å². The second kappa shape index (κ2) is 7.07. The number of benzene rings is 1. The lowest BCUT2D eigenvalue weighted by Gasteiger charge is -2.08. The Balaban J connectivity index is 2.28. The van der Waals surface area contributed by atoms with Crippen LogP contribution in [-0.2, 0) is 0 Å². The SMILES string of the molecule is Cc1ccc(C(=O)NCCCC(C)CO)cc1. The van der Waals surface area contributed by atoms with E-state index >= 15 is 0 Å². The van der Waals surface area contributed by atoms with Crippen molar-refractivity contribution in [3.05, 3.63) is 35.4 Å². The molecule has 0 spiro atoms. The molecule has 0 heterocycles. The van der Waals surface area contributed by atoms with Crippen molar-refractivity contribution in [2.45, 2.75) is 26.7 Å². The van der Waals surface area contributed by atoms with E-state index in [-0.39, 0.29) is 12.5 Å². The molecule has 1 amide bonds. The minimum absolute atomic E-state index is 0.0262. The first-order chi connectivity index (χ1) is 8.13. The van der Waals surface area contributed by atoms with Crippen LogP contribution in [0.15, 0.2) is 24.3 Å². The van der Waals surface area contributed by atoms with E-state index in [1.54, 1.807) is 0 Å². The number of nitrogens with one attached hydrogen (secondary N) is 1. The summed E-state index contributed by atoms with van der Waals surface area (Å²) in [5.74, 6) is 0.285. The van der Waals surface area contributed by atoms with Crippen molar-refractivity contribution in [3.63, 3.8) is 0 Å². The van der Waals surface area contributed by atoms with Crippen molar-refractivity contribution in [1.82, 2.24) is 5.32 Å². The number of aliphatic hydroxyl groups excluding tert-OH is 1. The summed E-state index contributed by atoms with van der Waals surface area (Å²) in [4.78, 5) is 11.7. The van der Waals surface area contributed by atoms with E-state index in [0.29, 0.717) is 18.0 Å². The average molecular weight is 235 g/mol. The van der Waals surface area contributed by atoms with Crippen molar-refractivity contribution < 1.29 is 9.90 Å². The van der Waals surface area contributed by atoms with Crippen LogP contribution in [0.2, 0.25) is 0 Å². The first kappa shape index (κ1) is 13.7. The fourth-order valence-electron chi connectivity index (χ4n) is 1.55. The van der Waals surface area contributed by atoms with Crippen LogP contribution in [0, 0.1) is 12.8 Å². The number of amides is 1. The molecule has 0 aliphatic carbocycles. The summed E-state index contributed by atoms with van der Waals surface area (Å²) in [5, 5.41) is 11.7. The predicted octanol–water partition coefficient (Wildman–Crippen LogP) is 2.13. The quantitative estimate of drug-likeness (QED) is 0.742. The molecule has 0 saturated heterocycles. The predicted molar refractivity (Wildman–Crippen MR) is 69.0 cm³/mol. The molecule has 1 aromatic rings. The van der Waals surface area contributed by atoms with Gasteiger partial charge >= 0.3 is 0 Å². The summed E-state index contributed by atoms with van der Waals surface area (Å²) in [5.41, 5.74) is 1.85. The van der Waals surface area contributed by atoms with Gasteiger partial charge in [0.05, 0.1) is 0 Å². The van der Waals surface area contributed by atoms with Gasteiger partial charge in [-0.25, -0.2) is 0 Å². The number of hydrogen-bond donors (Lipinski definition) is 2. The molecule has 1 atom stereocenters. The Morgan fingerprint density at radius 3 is 2.59 bits per heavy atom. The Morgan fingerprint density at radius 2 is 2.00 bits per heavy atom. The lowest BCUT2D eigenvalue weighted by molar-refractivity contribution is 0.0952. The number of aryl methyl sites for hydroxylation is 1. The number of rotatable bonds is 6. The van der Waals surface area contributed by atoms with Gasteiger partial charge < -0.3 is 10.4 Å². The van der Waals surface area contributed by atoms with Gasteiger partial charge in [0, 0.05) is 18.7 Å². The number of aliphatic hydroxyl groups is 1. The van der Waals surface area contributed by atoms with Crippen LogP contribution in [0.25, 0.3) is 0 Å². The molecular formula is C14H21NO2. The fourth-order valence-corrected chi connectivity index (χ4v) is 1.55. The average Bonchev–Trinajstić information content (AvgIpc) is 2.34. The third-order valence-electron chi connectivity index (χ3n) is 2.78. The monoisotopic (exact) mass is 235 g/mol. The largest absolute Gasteiger partial charge is 0.396 e. The van der Waals surface area contributed by atoms with Crippen LogP contribution in [0.3, 0.4) is 0 Å². The summed E-state index contributed by atoms with van der Waals surface area (Å²) in [6.07, 6.45) is 1.84. The van der Waals surface area contributed by atoms with Crippen LogP contribution in [-0.4, -0.2) is 24.2 Å². The van der Waals surface area contributed by atoms with Crippen molar-refractivity contribution >= 4 is 5.91 Å². The standard InChI is InChI=1S/C14H21NO2/c1-11-5-7-13(8-6-11)14(17)15-9-3-4-12(2)10-16/h5-8,12,16H,3-4,9-10H2,1-2H3,(H,15,17). The van der Waals surface area contributed by atoms with Gasteiger partial charge in [-0.05, 0) is 37.8 Å². The Labute approximate surface area is 103 Å². The van der Waals surface area contributed by atoms with Crippen LogP contribution >= 0.6 is 0 Å². The van der Waals surface area contributed by atoms with Crippen molar-refractivity contribution in [2.24, 2.45) is 5.92 Å². The molecule has 3 heteroatoms. The fraction of sp³-hybridized carbons (Fsp3) is 0.500. The maximum absolute atomic E-state index is 11.7. The molecule has 0 saturated carbocycles. The third kappa shape index (κ3) is 5.00. The highest BCUT2D eigenvalue weighted by atomic mass is 16.3. The Hall–Kier alpha value is -1.35. The molecule has 0 aliphatic rings. The molecule has 17 heavy (non-hydrogen) atoms. The highest BCUT2D eigenvalue weighted by molar-refractivity contribution is 5.94.